The number of fused-ring (bicyclic) bond motifs is 2. The maximum atomic E-state index is 13.8. The molecule has 1 aliphatic heterocycles. The van der Waals surface area contributed by atoms with Crippen LogP contribution in [0.15, 0.2) is 87.8 Å². The Balaban J connectivity index is 1.71. The average Bonchev–Trinajstić information content (AvgIpc) is 3.18. The first-order valence-corrected chi connectivity index (χ1v) is 12.7. The van der Waals surface area contributed by atoms with Crippen LogP contribution in [0.2, 0.25) is 0 Å². The third kappa shape index (κ3) is 4.27. The smallest absolute Gasteiger partial charge is 0.338 e. The summed E-state index contributed by atoms with van der Waals surface area (Å²) in [5, 5.41) is 2.17. The lowest BCUT2D eigenvalue weighted by molar-refractivity contribution is -0.139. The molecule has 0 N–H and O–H groups in total. The number of ether oxygens (including phenoxy) is 2. The van der Waals surface area contributed by atoms with Crippen molar-refractivity contribution in [2.75, 3.05) is 13.2 Å². The van der Waals surface area contributed by atoms with Crippen LogP contribution in [-0.2, 0) is 9.53 Å². The van der Waals surface area contributed by atoms with Gasteiger partial charge >= 0.3 is 5.97 Å². The van der Waals surface area contributed by atoms with Gasteiger partial charge in [0.2, 0.25) is 0 Å². The van der Waals surface area contributed by atoms with E-state index in [1.807, 2.05) is 67.6 Å². The number of hydrogen-bond acceptors (Lipinski definition) is 6. The van der Waals surface area contributed by atoms with E-state index in [0.29, 0.717) is 27.2 Å². The number of rotatable bonds is 6. The lowest BCUT2D eigenvalue weighted by atomic mass is 9.96. The Kier molecular flexibility index (Phi) is 6.57. The molecule has 7 heteroatoms. The zero-order valence-electron chi connectivity index (χ0n) is 20.4. The van der Waals surface area contributed by atoms with E-state index in [9.17, 15) is 9.59 Å². The van der Waals surface area contributed by atoms with Gasteiger partial charge in [-0.2, -0.15) is 0 Å². The molecule has 6 nitrogen and oxygen atoms in total. The van der Waals surface area contributed by atoms with Crippen molar-refractivity contribution >= 4 is 34.2 Å². The van der Waals surface area contributed by atoms with Crippen LogP contribution < -0.4 is 19.6 Å². The molecule has 1 aliphatic rings. The Morgan fingerprint density at radius 1 is 1.03 bits per heavy atom. The minimum atomic E-state index is -0.648. The van der Waals surface area contributed by atoms with Gasteiger partial charge in [-0.25, -0.2) is 9.79 Å². The van der Waals surface area contributed by atoms with Crippen molar-refractivity contribution in [3.8, 4) is 5.75 Å². The standard InChI is InChI=1S/C29H26N2O4S/c1-4-34-22-15-13-20(14-16-22)26-25(28(33)35-5-2)18(3)30-29-31(26)27(32)24(36-29)17-21-11-8-10-19-9-6-7-12-23(19)21/h6-17,26H,4-5H2,1-3H3/b24-17-/t26-/m1/s1. The van der Waals surface area contributed by atoms with Crippen LogP contribution in [0.25, 0.3) is 16.8 Å². The molecular formula is C29H26N2O4S. The lowest BCUT2D eigenvalue weighted by Gasteiger charge is -2.24. The van der Waals surface area contributed by atoms with Gasteiger partial charge in [0.15, 0.2) is 4.80 Å². The Morgan fingerprint density at radius 2 is 1.78 bits per heavy atom. The van der Waals surface area contributed by atoms with E-state index in [1.54, 1.807) is 18.4 Å². The Hall–Kier alpha value is -3.97. The lowest BCUT2D eigenvalue weighted by Crippen LogP contribution is -2.39. The fraction of sp³-hybridized carbons (Fsp3) is 0.207. The van der Waals surface area contributed by atoms with Crippen LogP contribution in [0.4, 0.5) is 0 Å². The van der Waals surface area contributed by atoms with Gasteiger partial charge in [-0.1, -0.05) is 65.9 Å². The second-order valence-electron chi connectivity index (χ2n) is 8.37. The highest BCUT2D eigenvalue weighted by Crippen LogP contribution is 2.31. The second-order valence-corrected chi connectivity index (χ2v) is 9.38. The molecule has 0 bridgehead atoms. The quantitative estimate of drug-likeness (QED) is 0.371. The molecule has 0 saturated carbocycles. The summed E-state index contributed by atoms with van der Waals surface area (Å²) in [5.41, 5.74) is 2.46. The van der Waals surface area contributed by atoms with Crippen LogP contribution >= 0.6 is 11.3 Å². The first-order chi connectivity index (χ1) is 17.5. The number of carbonyl (C=O) groups is 1. The number of allylic oxidation sites excluding steroid dienone is 1. The minimum absolute atomic E-state index is 0.195. The summed E-state index contributed by atoms with van der Waals surface area (Å²) >= 11 is 1.32. The molecule has 0 unspecified atom stereocenters. The molecule has 0 aliphatic carbocycles. The van der Waals surface area contributed by atoms with E-state index in [1.165, 1.54) is 11.3 Å². The molecule has 0 fully saturated rings. The molecule has 3 aromatic carbocycles. The first-order valence-electron chi connectivity index (χ1n) is 11.9. The minimum Gasteiger partial charge on any atom is -0.494 e. The third-order valence-corrected chi connectivity index (χ3v) is 7.12. The number of carbonyl (C=O) groups excluding carboxylic acids is 1. The zero-order valence-corrected chi connectivity index (χ0v) is 21.2. The van der Waals surface area contributed by atoms with Gasteiger partial charge in [-0.05, 0) is 60.9 Å². The summed E-state index contributed by atoms with van der Waals surface area (Å²) in [6.45, 7) is 6.26. The Morgan fingerprint density at radius 3 is 2.53 bits per heavy atom. The highest BCUT2D eigenvalue weighted by Gasteiger charge is 2.33. The van der Waals surface area contributed by atoms with E-state index in [0.717, 1.165) is 27.6 Å². The number of aromatic nitrogens is 1. The predicted octanol–water partition coefficient (Wildman–Crippen LogP) is 4.35. The van der Waals surface area contributed by atoms with Gasteiger partial charge in [0.05, 0.1) is 35.1 Å². The van der Waals surface area contributed by atoms with Gasteiger partial charge in [-0.3, -0.25) is 9.36 Å². The van der Waals surface area contributed by atoms with Crippen molar-refractivity contribution in [3.05, 3.63) is 109 Å². The van der Waals surface area contributed by atoms with Gasteiger partial charge in [-0.15, -0.1) is 0 Å². The van der Waals surface area contributed by atoms with Crippen LogP contribution in [0.3, 0.4) is 0 Å². The van der Waals surface area contributed by atoms with Crippen molar-refractivity contribution < 1.29 is 14.3 Å². The molecule has 36 heavy (non-hydrogen) atoms. The van der Waals surface area contributed by atoms with E-state index >= 15 is 0 Å². The van der Waals surface area contributed by atoms with Crippen molar-refractivity contribution in [1.82, 2.24) is 4.57 Å². The molecule has 1 aromatic heterocycles. The number of thiazole rings is 1. The zero-order chi connectivity index (χ0) is 25.2. The van der Waals surface area contributed by atoms with Crippen molar-refractivity contribution in [1.29, 1.82) is 0 Å². The first kappa shape index (κ1) is 23.8. The summed E-state index contributed by atoms with van der Waals surface area (Å²) in [6.07, 6.45) is 1.91. The number of benzene rings is 3. The largest absolute Gasteiger partial charge is 0.494 e. The third-order valence-electron chi connectivity index (χ3n) is 6.13. The normalized spacial score (nSPS) is 15.5. The van der Waals surface area contributed by atoms with Crippen molar-refractivity contribution in [2.45, 2.75) is 26.8 Å². The van der Waals surface area contributed by atoms with Crippen molar-refractivity contribution in [3.63, 3.8) is 0 Å². The molecule has 0 spiro atoms. The van der Waals surface area contributed by atoms with Crippen molar-refractivity contribution in [2.24, 2.45) is 4.99 Å². The summed E-state index contributed by atoms with van der Waals surface area (Å²) in [6, 6.07) is 20.9. The summed E-state index contributed by atoms with van der Waals surface area (Å²) in [4.78, 5) is 32.1. The maximum absolute atomic E-state index is 13.8. The van der Waals surface area contributed by atoms with Crippen LogP contribution in [0.5, 0.6) is 5.75 Å². The second kappa shape index (κ2) is 9.95. The van der Waals surface area contributed by atoms with Crippen LogP contribution in [0.1, 0.15) is 37.9 Å². The molecule has 4 aromatic rings. The number of hydrogen-bond donors (Lipinski definition) is 0. The molecule has 182 valence electrons. The molecule has 0 saturated heterocycles. The molecular weight excluding hydrogens is 472 g/mol. The van der Waals surface area contributed by atoms with E-state index < -0.39 is 12.0 Å². The summed E-state index contributed by atoms with van der Waals surface area (Å²) in [5.74, 6) is 0.254. The topological polar surface area (TPSA) is 69.9 Å². The van der Waals surface area contributed by atoms with E-state index in [-0.39, 0.29) is 12.2 Å². The molecule has 0 amide bonds. The molecule has 0 radical (unpaired) electrons. The Labute approximate surface area is 212 Å². The Bertz CT molecular complexity index is 1660. The average molecular weight is 499 g/mol. The SMILES string of the molecule is CCOC(=O)C1=C(C)N=c2s/c(=C\c3cccc4ccccc34)c(=O)n2[C@@H]1c1ccc(OCC)cc1. The van der Waals surface area contributed by atoms with E-state index in [2.05, 4.69) is 17.1 Å². The van der Waals surface area contributed by atoms with Gasteiger partial charge in [0.25, 0.3) is 5.56 Å². The fourth-order valence-electron chi connectivity index (χ4n) is 4.54. The summed E-state index contributed by atoms with van der Waals surface area (Å²) in [7, 11) is 0. The van der Waals surface area contributed by atoms with Crippen LogP contribution in [0, 0.1) is 0 Å². The highest BCUT2D eigenvalue weighted by atomic mass is 32.1. The van der Waals surface area contributed by atoms with Gasteiger partial charge < -0.3 is 9.47 Å². The van der Waals surface area contributed by atoms with E-state index in [4.69, 9.17) is 9.47 Å². The summed E-state index contributed by atoms with van der Waals surface area (Å²) < 4.78 is 13.1. The predicted molar refractivity (Wildman–Crippen MR) is 142 cm³/mol. The molecule has 1 atom stereocenters. The maximum Gasteiger partial charge on any atom is 0.338 e. The van der Waals surface area contributed by atoms with Gasteiger partial charge in [0.1, 0.15) is 5.75 Å². The molecule has 5 rings (SSSR count). The van der Waals surface area contributed by atoms with Gasteiger partial charge in [0, 0.05) is 0 Å². The monoisotopic (exact) mass is 498 g/mol. The molecule has 2 heterocycles. The number of esters is 1. The highest BCUT2D eigenvalue weighted by molar-refractivity contribution is 7.07. The fourth-order valence-corrected chi connectivity index (χ4v) is 5.57. The number of nitrogens with zero attached hydrogens (tertiary/aromatic N) is 2. The van der Waals surface area contributed by atoms with Crippen LogP contribution in [-0.4, -0.2) is 23.8 Å².